The highest BCUT2D eigenvalue weighted by Gasteiger charge is 2.36. The van der Waals surface area contributed by atoms with Gasteiger partial charge in [0.2, 0.25) is 0 Å². The summed E-state index contributed by atoms with van der Waals surface area (Å²) in [4.78, 5) is 4.78. The minimum Gasteiger partial charge on any atom is -0.367 e. The molecule has 0 spiro atoms. The van der Waals surface area contributed by atoms with E-state index in [1.165, 1.54) is 0 Å². The van der Waals surface area contributed by atoms with Crippen LogP contribution < -0.4 is 0 Å². The summed E-state index contributed by atoms with van der Waals surface area (Å²) in [6.07, 6.45) is 0. The molecule has 0 fully saturated rings. The van der Waals surface area contributed by atoms with Crippen LogP contribution >= 0.6 is 0 Å². The predicted octanol–water partition coefficient (Wildman–Crippen LogP) is 3.88. The molecule has 1 unspecified atom stereocenters. The molecule has 0 saturated carbocycles. The minimum absolute atomic E-state index is 0.829. The Kier molecular flexibility index (Phi) is 2.04. The first-order valence-electron chi connectivity index (χ1n) is 7.41. The smallest absolute Gasteiger partial charge is 0.167 e. The standard InChI is InChI=1S/C19H14N2O/c1-19(22)14-9-5-7-12-6-4-8-13(17(12)14)18-20-15-10-2-3-11-16(15)21(18)19/h2-11,22H,1H3. The second-order valence-electron chi connectivity index (χ2n) is 5.99. The van der Waals surface area contributed by atoms with Crippen LogP contribution in [-0.4, -0.2) is 14.7 Å². The van der Waals surface area contributed by atoms with Crippen molar-refractivity contribution in [3.63, 3.8) is 0 Å². The van der Waals surface area contributed by atoms with Crippen LogP contribution in [0.15, 0.2) is 60.7 Å². The van der Waals surface area contributed by atoms with Gasteiger partial charge >= 0.3 is 0 Å². The van der Waals surface area contributed by atoms with Crippen LogP contribution in [0.4, 0.5) is 0 Å². The fourth-order valence-electron chi connectivity index (χ4n) is 3.69. The molecule has 3 nitrogen and oxygen atoms in total. The number of hydrogen-bond donors (Lipinski definition) is 1. The summed E-state index contributed by atoms with van der Waals surface area (Å²) in [5, 5.41) is 13.5. The van der Waals surface area contributed by atoms with Crippen molar-refractivity contribution >= 4 is 21.8 Å². The molecule has 3 aromatic carbocycles. The van der Waals surface area contributed by atoms with Crippen LogP contribution in [-0.2, 0) is 5.72 Å². The molecule has 0 amide bonds. The molecule has 0 bridgehead atoms. The largest absolute Gasteiger partial charge is 0.367 e. The molecule has 4 aromatic rings. The van der Waals surface area contributed by atoms with Gasteiger partial charge < -0.3 is 5.11 Å². The third kappa shape index (κ3) is 1.27. The van der Waals surface area contributed by atoms with Crippen molar-refractivity contribution in [2.45, 2.75) is 12.6 Å². The van der Waals surface area contributed by atoms with Crippen molar-refractivity contribution in [3.05, 3.63) is 66.2 Å². The molecule has 22 heavy (non-hydrogen) atoms. The number of fused-ring (bicyclic) bond motifs is 4. The van der Waals surface area contributed by atoms with E-state index in [-0.39, 0.29) is 0 Å². The summed E-state index contributed by atoms with van der Waals surface area (Å²) >= 11 is 0. The fourth-order valence-corrected chi connectivity index (χ4v) is 3.69. The van der Waals surface area contributed by atoms with Crippen LogP contribution in [0.25, 0.3) is 33.2 Å². The highest BCUT2D eigenvalue weighted by molar-refractivity contribution is 6.01. The highest BCUT2D eigenvalue weighted by Crippen LogP contribution is 2.44. The lowest BCUT2D eigenvalue weighted by molar-refractivity contribution is 0.0313. The maximum atomic E-state index is 11.3. The van der Waals surface area contributed by atoms with E-state index in [0.29, 0.717) is 0 Å². The maximum absolute atomic E-state index is 11.3. The lowest BCUT2D eigenvalue weighted by Crippen LogP contribution is -2.34. The monoisotopic (exact) mass is 286 g/mol. The number of aliphatic hydroxyl groups is 1. The average molecular weight is 286 g/mol. The molecule has 0 saturated heterocycles. The Hall–Kier alpha value is -2.65. The number of rotatable bonds is 0. The lowest BCUT2D eigenvalue weighted by Gasteiger charge is -2.33. The van der Waals surface area contributed by atoms with Gasteiger partial charge in [0, 0.05) is 16.5 Å². The van der Waals surface area contributed by atoms with Gasteiger partial charge in [-0.2, -0.15) is 0 Å². The Morgan fingerprint density at radius 2 is 1.73 bits per heavy atom. The molecule has 1 aliphatic rings. The van der Waals surface area contributed by atoms with Gasteiger partial charge in [-0.15, -0.1) is 0 Å². The van der Waals surface area contributed by atoms with Gasteiger partial charge in [-0.1, -0.05) is 48.5 Å². The van der Waals surface area contributed by atoms with E-state index < -0.39 is 5.72 Å². The fraction of sp³-hybridized carbons (Fsp3) is 0.105. The lowest BCUT2D eigenvalue weighted by atomic mass is 9.89. The molecule has 3 heteroatoms. The number of benzene rings is 3. The van der Waals surface area contributed by atoms with Gasteiger partial charge in [0.1, 0.15) is 5.82 Å². The van der Waals surface area contributed by atoms with Crippen LogP contribution in [0, 0.1) is 0 Å². The zero-order valence-electron chi connectivity index (χ0n) is 12.1. The summed E-state index contributed by atoms with van der Waals surface area (Å²) in [6.45, 7) is 1.84. The van der Waals surface area contributed by atoms with Crippen molar-refractivity contribution in [3.8, 4) is 11.4 Å². The predicted molar refractivity (Wildman–Crippen MR) is 87.6 cm³/mol. The van der Waals surface area contributed by atoms with Crippen LogP contribution in [0.3, 0.4) is 0 Å². The van der Waals surface area contributed by atoms with E-state index >= 15 is 0 Å². The van der Waals surface area contributed by atoms with Gasteiger partial charge in [-0.3, -0.25) is 4.57 Å². The van der Waals surface area contributed by atoms with E-state index in [9.17, 15) is 5.11 Å². The Labute approximate surface area is 127 Å². The number of imidazole rings is 1. The van der Waals surface area contributed by atoms with Gasteiger partial charge in [0.25, 0.3) is 0 Å². The van der Waals surface area contributed by atoms with Crippen molar-refractivity contribution in [1.29, 1.82) is 0 Å². The third-order valence-corrected chi connectivity index (χ3v) is 4.65. The Morgan fingerprint density at radius 1 is 0.955 bits per heavy atom. The SMILES string of the molecule is CC1(O)c2cccc3cccc(c23)-c2nc3ccccc3n21. The van der Waals surface area contributed by atoms with Crippen LogP contribution in [0.2, 0.25) is 0 Å². The molecule has 1 atom stereocenters. The van der Waals surface area contributed by atoms with Gasteiger partial charge in [-0.05, 0) is 24.4 Å². The van der Waals surface area contributed by atoms with Crippen LogP contribution in [0.5, 0.6) is 0 Å². The molecule has 1 N–H and O–H groups in total. The highest BCUT2D eigenvalue weighted by atomic mass is 16.3. The second kappa shape index (κ2) is 3.76. The van der Waals surface area contributed by atoms with E-state index in [2.05, 4.69) is 18.2 Å². The first kappa shape index (κ1) is 12.0. The van der Waals surface area contributed by atoms with Crippen molar-refractivity contribution in [2.75, 3.05) is 0 Å². The molecular formula is C19H14N2O. The molecule has 1 aliphatic heterocycles. The zero-order valence-corrected chi connectivity index (χ0v) is 12.1. The average Bonchev–Trinajstić information content (AvgIpc) is 2.93. The molecule has 106 valence electrons. The second-order valence-corrected chi connectivity index (χ2v) is 5.99. The van der Waals surface area contributed by atoms with Gasteiger partial charge in [0.15, 0.2) is 5.72 Å². The summed E-state index contributed by atoms with van der Waals surface area (Å²) < 4.78 is 1.94. The molecule has 2 heterocycles. The first-order valence-corrected chi connectivity index (χ1v) is 7.41. The summed E-state index contributed by atoms with van der Waals surface area (Å²) in [7, 11) is 0. The van der Waals surface area contributed by atoms with Crippen molar-refractivity contribution in [1.82, 2.24) is 9.55 Å². The third-order valence-electron chi connectivity index (χ3n) is 4.65. The molecule has 0 radical (unpaired) electrons. The topological polar surface area (TPSA) is 38.1 Å². The normalized spacial score (nSPS) is 19.5. The van der Waals surface area contributed by atoms with E-state index in [1.54, 1.807) is 0 Å². The Balaban J connectivity index is 2.07. The number of para-hydroxylation sites is 2. The number of aromatic nitrogens is 2. The molecule has 0 aliphatic carbocycles. The zero-order chi connectivity index (χ0) is 14.9. The van der Waals surface area contributed by atoms with Gasteiger partial charge in [-0.25, -0.2) is 4.98 Å². The first-order chi connectivity index (χ1) is 10.7. The minimum atomic E-state index is -1.11. The summed E-state index contributed by atoms with van der Waals surface area (Å²) in [5.74, 6) is 0.829. The molecular weight excluding hydrogens is 272 g/mol. The maximum Gasteiger partial charge on any atom is 0.167 e. The van der Waals surface area contributed by atoms with E-state index in [4.69, 9.17) is 4.98 Å². The summed E-state index contributed by atoms with van der Waals surface area (Å²) in [6, 6.07) is 20.2. The van der Waals surface area contributed by atoms with Crippen molar-refractivity contribution < 1.29 is 5.11 Å². The number of nitrogens with zero attached hydrogens (tertiary/aromatic N) is 2. The van der Waals surface area contributed by atoms with Gasteiger partial charge in [0.05, 0.1) is 11.0 Å². The van der Waals surface area contributed by atoms with E-state index in [0.717, 1.165) is 38.8 Å². The van der Waals surface area contributed by atoms with Crippen LogP contribution in [0.1, 0.15) is 12.5 Å². The van der Waals surface area contributed by atoms with E-state index in [1.807, 2.05) is 54.0 Å². The molecule has 5 rings (SSSR count). The summed E-state index contributed by atoms with van der Waals surface area (Å²) in [5.41, 5.74) is 2.75. The Bertz CT molecular complexity index is 1050. The van der Waals surface area contributed by atoms with Crippen molar-refractivity contribution in [2.24, 2.45) is 0 Å². The molecule has 1 aromatic heterocycles. The Morgan fingerprint density at radius 3 is 2.59 bits per heavy atom. The number of hydrogen-bond acceptors (Lipinski definition) is 2. The quantitative estimate of drug-likeness (QED) is 0.532.